The zero-order valence-electron chi connectivity index (χ0n) is 19.0. The van der Waals surface area contributed by atoms with Crippen LogP contribution >= 0.6 is 11.6 Å². The van der Waals surface area contributed by atoms with Gasteiger partial charge in [0.05, 0.1) is 17.8 Å². The second kappa shape index (κ2) is 9.95. The summed E-state index contributed by atoms with van der Waals surface area (Å²) in [6.45, 7) is 4.16. The van der Waals surface area contributed by atoms with Crippen LogP contribution in [0.1, 0.15) is 15.9 Å². The summed E-state index contributed by atoms with van der Waals surface area (Å²) in [5.41, 5.74) is 2.61. The van der Waals surface area contributed by atoms with Gasteiger partial charge in [-0.05, 0) is 55.0 Å². The van der Waals surface area contributed by atoms with Crippen molar-refractivity contribution >= 4 is 38.9 Å². The van der Waals surface area contributed by atoms with Gasteiger partial charge in [0.15, 0.2) is 0 Å². The first-order chi connectivity index (χ1) is 16.3. The van der Waals surface area contributed by atoms with E-state index in [9.17, 15) is 13.2 Å². The standard InChI is InChI=1S/C25H26ClN3O4S/c1-18-6-5-7-20(16-18)27-34(31,32)24-17-19(10-11-21(24)26)25(30)29-14-12-28(13-15-29)22-8-3-4-9-23(22)33-2/h3-11,16-17,27H,12-15H2,1-2H3. The van der Waals surface area contributed by atoms with Gasteiger partial charge in [-0.2, -0.15) is 0 Å². The van der Waals surface area contributed by atoms with Gasteiger partial charge in [-0.25, -0.2) is 8.42 Å². The molecular formula is C25H26ClN3O4S. The van der Waals surface area contributed by atoms with Gasteiger partial charge >= 0.3 is 0 Å². The number of benzene rings is 3. The highest BCUT2D eigenvalue weighted by molar-refractivity contribution is 7.92. The molecule has 0 spiro atoms. The molecule has 34 heavy (non-hydrogen) atoms. The lowest BCUT2D eigenvalue weighted by Crippen LogP contribution is -2.48. The summed E-state index contributed by atoms with van der Waals surface area (Å²) in [5, 5.41) is 0.0534. The molecule has 0 atom stereocenters. The third-order valence-electron chi connectivity index (χ3n) is 5.73. The summed E-state index contributed by atoms with van der Waals surface area (Å²) < 4.78 is 34.0. The molecule has 1 heterocycles. The fraction of sp³-hybridized carbons (Fsp3) is 0.240. The second-order valence-corrected chi connectivity index (χ2v) is 10.1. The summed E-state index contributed by atoms with van der Waals surface area (Å²) in [5.74, 6) is 0.555. The first kappa shape index (κ1) is 23.9. The number of piperazine rings is 1. The van der Waals surface area contributed by atoms with E-state index < -0.39 is 10.0 Å². The zero-order chi connectivity index (χ0) is 24.3. The Bertz CT molecular complexity index is 1310. The van der Waals surface area contributed by atoms with Gasteiger partial charge in [0.2, 0.25) is 0 Å². The number of carbonyl (C=O) groups is 1. The average molecular weight is 500 g/mol. The van der Waals surface area contributed by atoms with Crippen LogP contribution in [0.4, 0.5) is 11.4 Å². The maximum absolute atomic E-state index is 13.2. The van der Waals surface area contributed by atoms with Crippen LogP contribution in [0.5, 0.6) is 5.75 Å². The van der Waals surface area contributed by atoms with Crippen LogP contribution in [0.3, 0.4) is 0 Å². The van der Waals surface area contributed by atoms with Crippen LogP contribution in [-0.2, 0) is 10.0 Å². The number of ether oxygens (including phenoxy) is 1. The molecule has 7 nitrogen and oxygen atoms in total. The molecule has 1 saturated heterocycles. The molecule has 3 aromatic carbocycles. The van der Waals surface area contributed by atoms with Crippen LogP contribution in [0.25, 0.3) is 0 Å². The molecule has 1 N–H and O–H groups in total. The minimum Gasteiger partial charge on any atom is -0.495 e. The van der Waals surface area contributed by atoms with E-state index in [1.54, 1.807) is 36.3 Å². The number of methoxy groups -OCH3 is 1. The number of aryl methyl sites for hydroxylation is 1. The first-order valence-electron chi connectivity index (χ1n) is 10.8. The number of nitrogens with one attached hydrogen (secondary N) is 1. The largest absolute Gasteiger partial charge is 0.495 e. The molecule has 178 valence electrons. The van der Waals surface area contributed by atoms with Crippen molar-refractivity contribution in [2.24, 2.45) is 0 Å². The Labute approximate surface area is 205 Å². The van der Waals surface area contributed by atoms with Crippen LogP contribution < -0.4 is 14.4 Å². The number of rotatable bonds is 6. The van der Waals surface area contributed by atoms with Gasteiger partial charge in [-0.15, -0.1) is 0 Å². The number of amides is 1. The monoisotopic (exact) mass is 499 g/mol. The summed E-state index contributed by atoms with van der Waals surface area (Å²) in [6, 6.07) is 19.1. The highest BCUT2D eigenvalue weighted by atomic mass is 35.5. The first-order valence-corrected chi connectivity index (χ1v) is 12.7. The number of halogens is 1. The third kappa shape index (κ3) is 5.13. The van der Waals surface area contributed by atoms with E-state index in [0.717, 1.165) is 17.0 Å². The molecule has 1 aliphatic heterocycles. The summed E-state index contributed by atoms with van der Waals surface area (Å²) in [6.07, 6.45) is 0. The van der Waals surface area contributed by atoms with Gasteiger partial charge in [0.1, 0.15) is 10.6 Å². The highest BCUT2D eigenvalue weighted by Gasteiger charge is 2.26. The Morgan fingerprint density at radius 2 is 1.71 bits per heavy atom. The number of carbonyl (C=O) groups excluding carboxylic acids is 1. The molecule has 0 radical (unpaired) electrons. The Morgan fingerprint density at radius 3 is 2.41 bits per heavy atom. The lowest BCUT2D eigenvalue weighted by atomic mass is 10.1. The molecule has 0 bridgehead atoms. The SMILES string of the molecule is COc1ccccc1N1CCN(C(=O)c2ccc(Cl)c(S(=O)(=O)Nc3cccc(C)c3)c2)CC1. The minimum atomic E-state index is -3.97. The van der Waals surface area contributed by atoms with Crippen LogP contribution in [-0.4, -0.2) is 52.5 Å². The van der Waals surface area contributed by atoms with Gasteiger partial charge < -0.3 is 14.5 Å². The van der Waals surface area contributed by atoms with E-state index in [4.69, 9.17) is 16.3 Å². The normalized spacial score (nSPS) is 14.1. The molecular weight excluding hydrogens is 474 g/mol. The van der Waals surface area contributed by atoms with E-state index >= 15 is 0 Å². The number of sulfonamides is 1. The van der Waals surface area contributed by atoms with Crippen LogP contribution in [0.2, 0.25) is 5.02 Å². The van der Waals surface area contributed by atoms with Crippen LogP contribution in [0.15, 0.2) is 71.6 Å². The van der Waals surface area contributed by atoms with Crippen LogP contribution in [0, 0.1) is 6.92 Å². The number of hydrogen-bond donors (Lipinski definition) is 1. The molecule has 0 unspecified atom stereocenters. The van der Waals surface area contributed by atoms with Crippen molar-refractivity contribution in [3.05, 3.63) is 82.9 Å². The molecule has 4 rings (SSSR count). The van der Waals surface area contributed by atoms with Crippen molar-refractivity contribution in [2.75, 3.05) is 42.9 Å². The number of para-hydroxylation sites is 2. The molecule has 1 fully saturated rings. The lowest BCUT2D eigenvalue weighted by Gasteiger charge is -2.36. The predicted molar refractivity (Wildman–Crippen MR) is 135 cm³/mol. The van der Waals surface area contributed by atoms with Crippen molar-refractivity contribution in [3.8, 4) is 5.75 Å². The lowest BCUT2D eigenvalue weighted by molar-refractivity contribution is 0.0746. The van der Waals surface area contributed by atoms with E-state index in [1.807, 2.05) is 37.3 Å². The predicted octanol–water partition coefficient (Wildman–Crippen LogP) is 4.42. The topological polar surface area (TPSA) is 79.0 Å². The van der Waals surface area contributed by atoms with Crippen molar-refractivity contribution in [3.63, 3.8) is 0 Å². The molecule has 9 heteroatoms. The summed E-state index contributed by atoms with van der Waals surface area (Å²) in [4.78, 5) is 16.9. The van der Waals surface area contributed by atoms with Gasteiger partial charge in [0.25, 0.3) is 15.9 Å². The maximum Gasteiger partial charge on any atom is 0.263 e. The zero-order valence-corrected chi connectivity index (χ0v) is 20.6. The number of hydrogen-bond acceptors (Lipinski definition) is 5. The fourth-order valence-electron chi connectivity index (χ4n) is 3.99. The molecule has 3 aromatic rings. The summed E-state index contributed by atoms with van der Waals surface area (Å²) >= 11 is 6.22. The molecule has 1 amide bonds. The van der Waals surface area contributed by atoms with Gasteiger partial charge in [-0.3, -0.25) is 9.52 Å². The molecule has 0 saturated carbocycles. The summed E-state index contributed by atoms with van der Waals surface area (Å²) in [7, 11) is -2.34. The fourth-order valence-corrected chi connectivity index (χ4v) is 5.56. The Hall–Kier alpha value is -3.23. The quantitative estimate of drug-likeness (QED) is 0.543. The van der Waals surface area contributed by atoms with E-state index in [0.29, 0.717) is 31.9 Å². The van der Waals surface area contributed by atoms with E-state index in [-0.39, 0.29) is 21.4 Å². The number of nitrogens with zero attached hydrogens (tertiary/aromatic N) is 2. The third-order valence-corrected chi connectivity index (χ3v) is 7.59. The Kier molecular flexibility index (Phi) is 7.00. The molecule has 0 aromatic heterocycles. The maximum atomic E-state index is 13.2. The smallest absolute Gasteiger partial charge is 0.263 e. The average Bonchev–Trinajstić information content (AvgIpc) is 2.83. The number of anilines is 2. The Morgan fingerprint density at radius 1 is 0.971 bits per heavy atom. The minimum absolute atomic E-state index is 0.0534. The van der Waals surface area contributed by atoms with E-state index in [1.165, 1.54) is 12.1 Å². The Balaban J connectivity index is 1.50. The van der Waals surface area contributed by atoms with Crippen molar-refractivity contribution < 1.29 is 17.9 Å². The van der Waals surface area contributed by atoms with Crippen molar-refractivity contribution in [1.29, 1.82) is 0 Å². The highest BCUT2D eigenvalue weighted by Crippen LogP contribution is 2.29. The van der Waals surface area contributed by atoms with Gasteiger partial charge in [-0.1, -0.05) is 35.9 Å². The van der Waals surface area contributed by atoms with Crippen molar-refractivity contribution in [2.45, 2.75) is 11.8 Å². The van der Waals surface area contributed by atoms with E-state index in [2.05, 4.69) is 9.62 Å². The molecule has 0 aliphatic carbocycles. The molecule has 1 aliphatic rings. The van der Waals surface area contributed by atoms with Crippen molar-refractivity contribution in [1.82, 2.24) is 4.90 Å². The van der Waals surface area contributed by atoms with Gasteiger partial charge in [0, 0.05) is 37.4 Å². The second-order valence-electron chi connectivity index (χ2n) is 8.07.